The summed E-state index contributed by atoms with van der Waals surface area (Å²) in [6, 6.07) is 10.6. The van der Waals surface area contributed by atoms with E-state index < -0.39 is 0 Å². The van der Waals surface area contributed by atoms with Crippen LogP contribution in [0, 0.1) is 5.82 Å². The fourth-order valence-corrected chi connectivity index (χ4v) is 2.05. The number of methoxy groups -OCH3 is 1. The maximum Gasteiger partial charge on any atom is 0.264 e. The molecule has 0 saturated heterocycles. The molecule has 24 heavy (non-hydrogen) atoms. The van der Waals surface area contributed by atoms with Crippen molar-refractivity contribution in [3.05, 3.63) is 59.7 Å². The van der Waals surface area contributed by atoms with Gasteiger partial charge in [-0.3, -0.25) is 4.79 Å². The highest BCUT2D eigenvalue weighted by atomic mass is 19.1. The average Bonchev–Trinajstić information content (AvgIpc) is 3.09. The molecular formula is C17H13FN2O4. The fraction of sp³-hybridized carbons (Fsp3) is 0.118. The molecule has 0 saturated carbocycles. The minimum Gasteiger partial charge on any atom is -0.493 e. The Morgan fingerprint density at radius 3 is 2.67 bits per heavy atom. The third-order valence-corrected chi connectivity index (χ3v) is 3.25. The largest absolute Gasteiger partial charge is 0.493 e. The minimum atomic E-state index is -0.336. The van der Waals surface area contributed by atoms with E-state index in [1.54, 1.807) is 30.3 Å². The molecule has 0 radical (unpaired) electrons. The molecule has 1 aromatic heterocycles. The summed E-state index contributed by atoms with van der Waals surface area (Å²) in [7, 11) is 1.48. The van der Waals surface area contributed by atoms with Gasteiger partial charge in [-0.05, 0) is 42.5 Å². The van der Waals surface area contributed by atoms with Crippen LogP contribution in [0.3, 0.4) is 0 Å². The topological polar surface area (TPSA) is 74.5 Å². The molecule has 122 valence electrons. The van der Waals surface area contributed by atoms with Gasteiger partial charge in [-0.2, -0.15) is 4.98 Å². The van der Waals surface area contributed by atoms with Crippen LogP contribution in [0.15, 0.2) is 47.0 Å². The molecule has 0 unspecified atom stereocenters. The first-order valence-electron chi connectivity index (χ1n) is 7.04. The second-order valence-corrected chi connectivity index (χ2v) is 4.84. The molecular weight excluding hydrogens is 315 g/mol. The van der Waals surface area contributed by atoms with Crippen molar-refractivity contribution in [1.29, 1.82) is 0 Å². The van der Waals surface area contributed by atoms with Crippen LogP contribution in [0.1, 0.15) is 16.2 Å². The van der Waals surface area contributed by atoms with Gasteiger partial charge in [-0.25, -0.2) is 4.39 Å². The zero-order valence-electron chi connectivity index (χ0n) is 12.7. The Bertz CT molecular complexity index is 846. The van der Waals surface area contributed by atoms with Crippen molar-refractivity contribution in [2.45, 2.75) is 6.61 Å². The number of aldehydes is 1. The van der Waals surface area contributed by atoms with Crippen molar-refractivity contribution >= 4 is 6.29 Å². The van der Waals surface area contributed by atoms with Crippen LogP contribution in [0.4, 0.5) is 4.39 Å². The van der Waals surface area contributed by atoms with Gasteiger partial charge >= 0.3 is 0 Å². The summed E-state index contributed by atoms with van der Waals surface area (Å²) >= 11 is 0. The second-order valence-electron chi connectivity index (χ2n) is 4.84. The molecule has 0 spiro atoms. The highest BCUT2D eigenvalue weighted by Crippen LogP contribution is 2.28. The first kappa shape index (κ1) is 15.7. The molecule has 1 heterocycles. The first-order valence-corrected chi connectivity index (χ1v) is 7.04. The quantitative estimate of drug-likeness (QED) is 0.647. The summed E-state index contributed by atoms with van der Waals surface area (Å²) in [5.41, 5.74) is 1.12. The van der Waals surface area contributed by atoms with E-state index in [9.17, 15) is 9.18 Å². The summed E-state index contributed by atoms with van der Waals surface area (Å²) in [5.74, 6) is 1.15. The maximum absolute atomic E-state index is 12.9. The van der Waals surface area contributed by atoms with Crippen molar-refractivity contribution in [3.63, 3.8) is 0 Å². The molecule has 0 N–H and O–H groups in total. The molecule has 0 amide bonds. The monoisotopic (exact) mass is 328 g/mol. The van der Waals surface area contributed by atoms with Gasteiger partial charge < -0.3 is 14.0 Å². The Hall–Kier alpha value is -3.22. The lowest BCUT2D eigenvalue weighted by Gasteiger charge is -2.09. The first-order chi connectivity index (χ1) is 11.7. The average molecular weight is 328 g/mol. The Morgan fingerprint density at radius 1 is 1.17 bits per heavy atom. The molecule has 6 nitrogen and oxygen atoms in total. The van der Waals surface area contributed by atoms with Gasteiger partial charge in [0.15, 0.2) is 18.1 Å². The Kier molecular flexibility index (Phi) is 4.51. The van der Waals surface area contributed by atoms with E-state index in [2.05, 4.69) is 10.1 Å². The van der Waals surface area contributed by atoms with Crippen molar-refractivity contribution in [2.75, 3.05) is 7.11 Å². The molecule has 0 aliphatic heterocycles. The summed E-state index contributed by atoms with van der Waals surface area (Å²) in [5, 5.41) is 3.83. The lowest BCUT2D eigenvalue weighted by atomic mass is 10.2. The van der Waals surface area contributed by atoms with E-state index in [-0.39, 0.29) is 18.3 Å². The van der Waals surface area contributed by atoms with E-state index in [4.69, 9.17) is 14.0 Å². The smallest absolute Gasteiger partial charge is 0.264 e. The standard InChI is InChI=1S/C17H13FN2O4/c1-22-15-8-11(9-21)2-7-14(15)23-10-16-19-17(20-24-16)12-3-5-13(18)6-4-12/h2-9H,10H2,1H3. The van der Waals surface area contributed by atoms with Crippen LogP contribution in [-0.2, 0) is 6.61 Å². The fourth-order valence-electron chi connectivity index (χ4n) is 2.05. The van der Waals surface area contributed by atoms with Gasteiger partial charge in [-0.15, -0.1) is 0 Å². The predicted molar refractivity (Wildman–Crippen MR) is 82.4 cm³/mol. The van der Waals surface area contributed by atoms with Crippen LogP contribution in [0.2, 0.25) is 0 Å². The number of halogens is 1. The summed E-state index contributed by atoms with van der Waals surface area (Å²) in [4.78, 5) is 15.0. The predicted octanol–water partition coefficient (Wildman–Crippen LogP) is 3.28. The maximum atomic E-state index is 12.9. The molecule has 0 fully saturated rings. The summed E-state index contributed by atoms with van der Waals surface area (Å²) < 4.78 is 28.8. The molecule has 7 heteroatoms. The highest BCUT2D eigenvalue weighted by molar-refractivity contribution is 5.76. The number of rotatable bonds is 6. The molecule has 3 rings (SSSR count). The van der Waals surface area contributed by atoms with Gasteiger partial charge in [0.1, 0.15) is 12.1 Å². The SMILES string of the molecule is COc1cc(C=O)ccc1OCc1nc(-c2ccc(F)cc2)no1. The lowest BCUT2D eigenvalue weighted by molar-refractivity contribution is 0.112. The number of carbonyl (C=O) groups is 1. The van der Waals surface area contributed by atoms with E-state index >= 15 is 0 Å². The van der Waals surface area contributed by atoms with Crippen LogP contribution in [0.5, 0.6) is 11.5 Å². The van der Waals surface area contributed by atoms with E-state index in [0.717, 1.165) is 6.29 Å². The van der Waals surface area contributed by atoms with Crippen molar-refractivity contribution in [2.24, 2.45) is 0 Å². The zero-order chi connectivity index (χ0) is 16.9. The van der Waals surface area contributed by atoms with Crippen molar-refractivity contribution in [3.8, 4) is 22.9 Å². The van der Waals surface area contributed by atoms with Crippen LogP contribution < -0.4 is 9.47 Å². The number of carbonyl (C=O) groups excluding carboxylic acids is 1. The molecule has 3 aromatic rings. The third-order valence-electron chi connectivity index (χ3n) is 3.25. The van der Waals surface area contributed by atoms with Gasteiger partial charge in [0.05, 0.1) is 7.11 Å². The van der Waals surface area contributed by atoms with E-state index in [0.29, 0.717) is 28.5 Å². The van der Waals surface area contributed by atoms with Gasteiger partial charge in [0.2, 0.25) is 5.82 Å². The lowest BCUT2D eigenvalue weighted by Crippen LogP contribution is -1.98. The van der Waals surface area contributed by atoms with Gasteiger partial charge in [0.25, 0.3) is 5.89 Å². The Morgan fingerprint density at radius 2 is 1.96 bits per heavy atom. The number of ether oxygens (including phenoxy) is 2. The summed E-state index contributed by atoms with van der Waals surface area (Å²) in [6.07, 6.45) is 0.722. The molecule has 0 aliphatic rings. The minimum absolute atomic E-state index is 0.0327. The van der Waals surface area contributed by atoms with Crippen LogP contribution in [0.25, 0.3) is 11.4 Å². The Labute approximate surface area is 136 Å². The number of aromatic nitrogens is 2. The molecule has 2 aromatic carbocycles. The van der Waals surface area contributed by atoms with Crippen LogP contribution >= 0.6 is 0 Å². The van der Waals surface area contributed by atoms with Gasteiger partial charge in [-0.1, -0.05) is 5.16 Å². The summed E-state index contributed by atoms with van der Waals surface area (Å²) in [6.45, 7) is 0.0327. The molecule has 0 atom stereocenters. The molecule has 0 bridgehead atoms. The van der Waals surface area contributed by atoms with E-state index in [1.165, 1.54) is 19.2 Å². The van der Waals surface area contributed by atoms with Crippen LogP contribution in [-0.4, -0.2) is 23.5 Å². The highest BCUT2D eigenvalue weighted by Gasteiger charge is 2.11. The van der Waals surface area contributed by atoms with Gasteiger partial charge in [0, 0.05) is 11.1 Å². The number of nitrogens with zero attached hydrogens (tertiary/aromatic N) is 2. The second kappa shape index (κ2) is 6.91. The third kappa shape index (κ3) is 3.40. The Balaban J connectivity index is 1.71. The number of hydrogen-bond donors (Lipinski definition) is 0. The molecule has 0 aliphatic carbocycles. The number of hydrogen-bond acceptors (Lipinski definition) is 6. The normalized spacial score (nSPS) is 10.4. The number of benzene rings is 2. The van der Waals surface area contributed by atoms with Crippen molar-refractivity contribution in [1.82, 2.24) is 10.1 Å². The zero-order valence-corrected chi connectivity index (χ0v) is 12.7. The van der Waals surface area contributed by atoms with E-state index in [1.807, 2.05) is 0 Å². The van der Waals surface area contributed by atoms with Crippen molar-refractivity contribution < 1.29 is 23.2 Å².